The predicted octanol–water partition coefficient (Wildman–Crippen LogP) is 0.589. The summed E-state index contributed by atoms with van der Waals surface area (Å²) in [6.45, 7) is 0. The highest BCUT2D eigenvalue weighted by Gasteiger charge is 2.09. The van der Waals surface area contributed by atoms with Crippen molar-refractivity contribution in [1.29, 1.82) is 0 Å². The predicted molar refractivity (Wildman–Crippen MR) is 54.6 cm³/mol. The number of hydroxylamine groups is 1. The van der Waals surface area contributed by atoms with Gasteiger partial charge in [0.2, 0.25) is 11.2 Å². The molecule has 0 aromatic carbocycles. The van der Waals surface area contributed by atoms with Crippen molar-refractivity contribution in [3.8, 4) is 0 Å². The van der Waals surface area contributed by atoms with Crippen molar-refractivity contribution in [2.24, 2.45) is 0 Å². The molecule has 0 spiro atoms. The van der Waals surface area contributed by atoms with Crippen LogP contribution in [0.3, 0.4) is 0 Å². The Hall–Kier alpha value is -1.14. The maximum atomic E-state index is 5.72. The molecule has 0 atom stereocenters. The van der Waals surface area contributed by atoms with E-state index in [0.29, 0.717) is 11.9 Å². The van der Waals surface area contributed by atoms with Crippen LogP contribution in [-0.2, 0) is 4.84 Å². The Kier molecular flexibility index (Phi) is 3.43. The van der Waals surface area contributed by atoms with E-state index < -0.39 is 0 Å². The van der Waals surface area contributed by atoms with Gasteiger partial charge in [-0.15, -0.1) is 0 Å². The Bertz CT molecular complexity index is 319. The minimum atomic E-state index is 0.141. The first-order valence-electron chi connectivity index (χ1n) is 3.91. The van der Waals surface area contributed by atoms with Gasteiger partial charge in [-0.05, 0) is 11.6 Å². The van der Waals surface area contributed by atoms with Gasteiger partial charge in [-0.3, -0.25) is 4.84 Å². The number of hydrogen-bond donors (Lipinski definition) is 0. The van der Waals surface area contributed by atoms with Crippen molar-refractivity contribution in [3.63, 3.8) is 0 Å². The third kappa shape index (κ3) is 2.43. The zero-order chi connectivity index (χ0) is 10.7. The molecule has 1 aromatic rings. The molecule has 0 saturated carbocycles. The summed E-state index contributed by atoms with van der Waals surface area (Å²) in [4.78, 5) is 18.6. The lowest BCUT2D eigenvalue weighted by Gasteiger charge is -2.16. The summed E-state index contributed by atoms with van der Waals surface area (Å²) in [5.74, 6) is 0.861. The first kappa shape index (κ1) is 10.9. The maximum Gasteiger partial charge on any atom is 0.255 e. The fourth-order valence-corrected chi connectivity index (χ4v) is 0.903. The van der Waals surface area contributed by atoms with Gasteiger partial charge in [-0.25, -0.2) is 5.06 Å². The molecule has 0 aliphatic rings. The molecule has 0 aliphatic heterocycles. The van der Waals surface area contributed by atoms with Gasteiger partial charge in [0.1, 0.15) is 0 Å². The van der Waals surface area contributed by atoms with Crippen LogP contribution in [0.15, 0.2) is 0 Å². The second-order valence-corrected chi connectivity index (χ2v) is 3.12. The van der Waals surface area contributed by atoms with Crippen molar-refractivity contribution in [3.05, 3.63) is 5.28 Å². The van der Waals surface area contributed by atoms with Crippen molar-refractivity contribution in [1.82, 2.24) is 15.0 Å². The fourth-order valence-electron chi connectivity index (χ4n) is 0.752. The molecule has 1 rings (SSSR count). The van der Waals surface area contributed by atoms with Crippen LogP contribution in [-0.4, -0.2) is 43.2 Å². The second kappa shape index (κ2) is 4.39. The number of rotatable bonds is 3. The number of anilines is 2. The van der Waals surface area contributed by atoms with E-state index in [9.17, 15) is 0 Å². The first-order valence-corrected chi connectivity index (χ1v) is 4.29. The Morgan fingerprint density at radius 2 is 1.64 bits per heavy atom. The number of hydrogen-bond acceptors (Lipinski definition) is 6. The Labute approximate surface area is 87.4 Å². The van der Waals surface area contributed by atoms with E-state index in [4.69, 9.17) is 16.4 Å². The van der Waals surface area contributed by atoms with Crippen molar-refractivity contribution < 1.29 is 4.84 Å². The van der Waals surface area contributed by atoms with Gasteiger partial charge in [0.05, 0.1) is 7.11 Å². The van der Waals surface area contributed by atoms with Crippen LogP contribution in [0.2, 0.25) is 5.28 Å². The Morgan fingerprint density at radius 1 is 1.07 bits per heavy atom. The van der Waals surface area contributed by atoms with Crippen LogP contribution in [0.4, 0.5) is 11.9 Å². The summed E-state index contributed by atoms with van der Waals surface area (Å²) in [6.07, 6.45) is 0. The monoisotopic (exact) mass is 217 g/mol. The smallest absolute Gasteiger partial charge is 0.255 e. The fraction of sp³-hybridized carbons (Fsp3) is 0.571. The summed E-state index contributed by atoms with van der Waals surface area (Å²) in [5.41, 5.74) is 0. The van der Waals surface area contributed by atoms with E-state index in [0.717, 1.165) is 0 Å². The summed E-state index contributed by atoms with van der Waals surface area (Å²) in [5, 5.41) is 1.54. The molecule has 1 aromatic heterocycles. The van der Waals surface area contributed by atoms with E-state index in [1.54, 1.807) is 11.9 Å². The van der Waals surface area contributed by atoms with Gasteiger partial charge < -0.3 is 4.90 Å². The lowest BCUT2D eigenvalue weighted by molar-refractivity contribution is 0.180. The van der Waals surface area contributed by atoms with Crippen LogP contribution in [0.5, 0.6) is 0 Å². The van der Waals surface area contributed by atoms with E-state index in [-0.39, 0.29) is 5.28 Å². The normalized spacial score (nSPS) is 10.1. The van der Waals surface area contributed by atoms with E-state index >= 15 is 0 Å². The quantitative estimate of drug-likeness (QED) is 0.691. The summed E-state index contributed by atoms with van der Waals surface area (Å²) in [7, 11) is 6.85. The summed E-state index contributed by atoms with van der Waals surface area (Å²) >= 11 is 5.72. The molecule has 0 aliphatic carbocycles. The molecule has 0 N–H and O–H groups in total. The maximum absolute atomic E-state index is 5.72. The van der Waals surface area contributed by atoms with Crippen LogP contribution in [0.25, 0.3) is 0 Å². The van der Waals surface area contributed by atoms with Crippen LogP contribution < -0.4 is 9.96 Å². The van der Waals surface area contributed by atoms with Crippen LogP contribution in [0, 0.1) is 0 Å². The molecule has 1 heterocycles. The number of halogens is 1. The molecule has 6 nitrogen and oxygen atoms in total. The number of nitrogens with zero attached hydrogens (tertiary/aromatic N) is 5. The summed E-state index contributed by atoms with van der Waals surface area (Å²) in [6, 6.07) is 0. The molecule has 0 bridgehead atoms. The topological polar surface area (TPSA) is 54.4 Å². The lowest BCUT2D eigenvalue weighted by atomic mass is 10.8. The highest BCUT2D eigenvalue weighted by Crippen LogP contribution is 2.13. The summed E-state index contributed by atoms with van der Waals surface area (Å²) < 4.78 is 0. The molecular formula is C7H12ClN5O. The molecule has 0 unspecified atom stereocenters. The third-order valence-electron chi connectivity index (χ3n) is 1.54. The second-order valence-electron chi connectivity index (χ2n) is 2.78. The van der Waals surface area contributed by atoms with Gasteiger partial charge in [-0.1, -0.05) is 0 Å². The van der Waals surface area contributed by atoms with E-state index in [2.05, 4.69) is 15.0 Å². The molecule has 78 valence electrons. The standard InChI is InChI=1S/C7H12ClN5O/c1-12(2)6-9-5(8)10-7(11-6)13(3)14-4/h1-4H3. The molecule has 0 radical (unpaired) electrons. The zero-order valence-electron chi connectivity index (χ0n) is 8.52. The largest absolute Gasteiger partial charge is 0.347 e. The van der Waals surface area contributed by atoms with Gasteiger partial charge in [0, 0.05) is 21.1 Å². The van der Waals surface area contributed by atoms with Gasteiger partial charge >= 0.3 is 0 Å². The van der Waals surface area contributed by atoms with Crippen molar-refractivity contribution >= 4 is 23.5 Å². The average Bonchev–Trinajstić information content (AvgIpc) is 2.15. The highest BCUT2D eigenvalue weighted by atomic mass is 35.5. The molecule has 7 heteroatoms. The molecule has 0 saturated heterocycles. The number of aromatic nitrogens is 3. The average molecular weight is 218 g/mol. The lowest BCUT2D eigenvalue weighted by Crippen LogP contribution is -2.21. The molecular weight excluding hydrogens is 206 g/mol. The molecule has 0 fully saturated rings. The van der Waals surface area contributed by atoms with E-state index in [1.807, 2.05) is 14.1 Å². The highest BCUT2D eigenvalue weighted by molar-refractivity contribution is 6.28. The van der Waals surface area contributed by atoms with Gasteiger partial charge in [0.25, 0.3) is 5.95 Å². The third-order valence-corrected chi connectivity index (χ3v) is 1.71. The molecule has 0 amide bonds. The van der Waals surface area contributed by atoms with Crippen LogP contribution >= 0.6 is 11.6 Å². The zero-order valence-corrected chi connectivity index (χ0v) is 9.28. The van der Waals surface area contributed by atoms with Crippen LogP contribution in [0.1, 0.15) is 0 Å². The minimum Gasteiger partial charge on any atom is -0.347 e. The van der Waals surface area contributed by atoms with Crippen molar-refractivity contribution in [2.75, 3.05) is 38.2 Å². The SMILES string of the molecule is CON(C)c1nc(Cl)nc(N(C)C)n1. The Morgan fingerprint density at radius 3 is 2.14 bits per heavy atom. The Balaban J connectivity index is 3.07. The van der Waals surface area contributed by atoms with Gasteiger partial charge in [0.15, 0.2) is 0 Å². The van der Waals surface area contributed by atoms with Crippen molar-refractivity contribution in [2.45, 2.75) is 0 Å². The molecule has 14 heavy (non-hydrogen) atoms. The van der Waals surface area contributed by atoms with Gasteiger partial charge in [-0.2, -0.15) is 15.0 Å². The van der Waals surface area contributed by atoms with E-state index in [1.165, 1.54) is 12.2 Å². The minimum absolute atomic E-state index is 0.141. The first-order chi connectivity index (χ1) is 6.54.